The summed E-state index contributed by atoms with van der Waals surface area (Å²) >= 11 is 6.24. The van der Waals surface area contributed by atoms with E-state index in [1.807, 2.05) is 0 Å². The maximum absolute atomic E-state index is 13.1. The third-order valence-corrected chi connectivity index (χ3v) is 3.78. The average Bonchev–Trinajstić information content (AvgIpc) is 2.66. The van der Waals surface area contributed by atoms with Crippen LogP contribution in [0.2, 0.25) is 5.15 Å². The molecule has 4 nitrogen and oxygen atoms in total. The maximum Gasteiger partial charge on any atom is 0.276 e. The highest BCUT2D eigenvalue weighted by Gasteiger charge is 2.22. The zero-order valence-electron chi connectivity index (χ0n) is 10.1. The Bertz CT molecular complexity index is 705. The van der Waals surface area contributed by atoms with Crippen LogP contribution in [0, 0.1) is 5.82 Å². The Hall–Kier alpha value is -1.75. The smallest absolute Gasteiger partial charge is 0.276 e. The largest absolute Gasteiger partial charge is 0.505 e. The SMILES string of the molecule is O=c1c(-c2ccc(F)c(O)c2)c(Cl)n2n1CCCC2. The van der Waals surface area contributed by atoms with E-state index < -0.39 is 11.6 Å². The fourth-order valence-corrected chi connectivity index (χ4v) is 2.80. The molecule has 100 valence electrons. The van der Waals surface area contributed by atoms with Crippen molar-refractivity contribution in [1.82, 2.24) is 9.36 Å². The van der Waals surface area contributed by atoms with Crippen LogP contribution in [0.5, 0.6) is 5.75 Å². The Kier molecular flexibility index (Phi) is 2.86. The number of rotatable bonds is 1. The molecule has 1 aromatic heterocycles. The summed E-state index contributed by atoms with van der Waals surface area (Å²) in [5.41, 5.74) is 0.554. The van der Waals surface area contributed by atoms with Gasteiger partial charge in [0.05, 0.1) is 5.56 Å². The molecule has 1 aliphatic rings. The van der Waals surface area contributed by atoms with E-state index in [4.69, 9.17) is 11.6 Å². The normalized spacial score (nSPS) is 14.4. The maximum atomic E-state index is 13.1. The van der Waals surface area contributed by atoms with Crippen LogP contribution >= 0.6 is 11.6 Å². The predicted molar refractivity (Wildman–Crippen MR) is 70.0 cm³/mol. The van der Waals surface area contributed by atoms with E-state index in [0.717, 1.165) is 18.9 Å². The Morgan fingerprint density at radius 2 is 1.89 bits per heavy atom. The first-order valence-electron chi connectivity index (χ1n) is 6.07. The highest BCUT2D eigenvalue weighted by atomic mass is 35.5. The second kappa shape index (κ2) is 4.42. The number of nitrogens with zero attached hydrogens (tertiary/aromatic N) is 2. The first kappa shape index (κ1) is 12.3. The summed E-state index contributed by atoms with van der Waals surface area (Å²) in [5.74, 6) is -1.20. The molecule has 0 spiro atoms. The number of hydrogen-bond donors (Lipinski definition) is 1. The Morgan fingerprint density at radius 3 is 2.53 bits per heavy atom. The van der Waals surface area contributed by atoms with Gasteiger partial charge in [-0.05, 0) is 30.5 Å². The number of halogens is 2. The summed E-state index contributed by atoms with van der Waals surface area (Å²) in [5, 5.41) is 9.76. The molecule has 0 saturated heterocycles. The first-order valence-corrected chi connectivity index (χ1v) is 6.45. The molecule has 2 heterocycles. The molecule has 0 amide bonds. The van der Waals surface area contributed by atoms with E-state index >= 15 is 0 Å². The summed E-state index contributed by atoms with van der Waals surface area (Å²) < 4.78 is 16.4. The fraction of sp³-hybridized carbons (Fsp3) is 0.308. The number of hydrogen-bond acceptors (Lipinski definition) is 2. The van der Waals surface area contributed by atoms with E-state index in [1.165, 1.54) is 12.1 Å². The molecule has 19 heavy (non-hydrogen) atoms. The Morgan fingerprint density at radius 1 is 1.21 bits per heavy atom. The van der Waals surface area contributed by atoms with Gasteiger partial charge in [-0.1, -0.05) is 17.7 Å². The van der Waals surface area contributed by atoms with Crippen LogP contribution in [0.25, 0.3) is 11.1 Å². The number of phenols is 1. The van der Waals surface area contributed by atoms with Gasteiger partial charge in [-0.3, -0.25) is 9.48 Å². The number of benzene rings is 1. The Balaban J connectivity index is 2.23. The molecule has 0 radical (unpaired) electrons. The van der Waals surface area contributed by atoms with E-state index in [9.17, 15) is 14.3 Å². The van der Waals surface area contributed by atoms with Gasteiger partial charge in [-0.2, -0.15) is 0 Å². The summed E-state index contributed by atoms with van der Waals surface area (Å²) in [6.07, 6.45) is 1.91. The number of phenolic OH excluding ortho intramolecular Hbond substituents is 1. The van der Waals surface area contributed by atoms with Crippen LogP contribution in [-0.2, 0) is 13.1 Å². The van der Waals surface area contributed by atoms with Gasteiger partial charge in [0.2, 0.25) is 0 Å². The lowest BCUT2D eigenvalue weighted by atomic mass is 10.1. The monoisotopic (exact) mass is 282 g/mol. The molecule has 3 rings (SSSR count). The van der Waals surface area contributed by atoms with Crippen molar-refractivity contribution in [2.45, 2.75) is 25.9 Å². The quantitative estimate of drug-likeness (QED) is 0.874. The molecule has 1 aliphatic heterocycles. The molecule has 1 N–H and O–H groups in total. The average molecular weight is 283 g/mol. The van der Waals surface area contributed by atoms with Crippen molar-refractivity contribution in [2.24, 2.45) is 0 Å². The lowest BCUT2D eigenvalue weighted by molar-refractivity contribution is 0.356. The standard InChI is InChI=1S/C13H12ClFN2O2/c14-12-11(8-3-4-9(15)10(18)7-8)13(19)17-6-2-1-5-16(12)17/h3-4,7,18H,1-2,5-6H2. The van der Waals surface area contributed by atoms with Crippen LogP contribution < -0.4 is 5.56 Å². The van der Waals surface area contributed by atoms with Gasteiger partial charge in [0.1, 0.15) is 5.15 Å². The second-order valence-corrected chi connectivity index (χ2v) is 4.95. The van der Waals surface area contributed by atoms with E-state index in [-0.39, 0.29) is 5.56 Å². The van der Waals surface area contributed by atoms with Crippen molar-refractivity contribution in [2.75, 3.05) is 0 Å². The second-order valence-electron chi connectivity index (χ2n) is 4.59. The molecular weight excluding hydrogens is 271 g/mol. The minimum Gasteiger partial charge on any atom is -0.505 e. The topological polar surface area (TPSA) is 47.2 Å². The minimum atomic E-state index is -0.719. The van der Waals surface area contributed by atoms with Gasteiger partial charge in [0, 0.05) is 13.1 Å². The molecule has 1 aromatic carbocycles. The molecule has 0 unspecified atom stereocenters. The fourth-order valence-electron chi connectivity index (χ4n) is 2.44. The zero-order chi connectivity index (χ0) is 13.6. The predicted octanol–water partition coefficient (Wildman–Crippen LogP) is 2.61. The third-order valence-electron chi connectivity index (χ3n) is 3.40. The lowest BCUT2D eigenvalue weighted by Gasteiger charge is -2.17. The summed E-state index contributed by atoms with van der Waals surface area (Å²) in [6, 6.07) is 3.80. The van der Waals surface area contributed by atoms with Gasteiger partial charge in [0.25, 0.3) is 5.56 Å². The van der Waals surface area contributed by atoms with Crippen molar-refractivity contribution >= 4 is 11.6 Å². The number of aromatic hydroxyl groups is 1. The third kappa shape index (κ3) is 1.85. The van der Waals surface area contributed by atoms with Crippen LogP contribution in [0.3, 0.4) is 0 Å². The van der Waals surface area contributed by atoms with Crippen molar-refractivity contribution < 1.29 is 9.50 Å². The molecule has 0 fully saturated rings. The van der Waals surface area contributed by atoms with Crippen LogP contribution in [0.15, 0.2) is 23.0 Å². The van der Waals surface area contributed by atoms with Crippen molar-refractivity contribution in [3.63, 3.8) is 0 Å². The zero-order valence-corrected chi connectivity index (χ0v) is 10.8. The molecular formula is C13H12ClFN2O2. The minimum absolute atomic E-state index is 0.198. The van der Waals surface area contributed by atoms with Crippen LogP contribution in [0.1, 0.15) is 12.8 Å². The van der Waals surface area contributed by atoms with Gasteiger partial charge < -0.3 is 5.11 Å². The van der Waals surface area contributed by atoms with Gasteiger partial charge in [-0.15, -0.1) is 0 Å². The summed E-state index contributed by atoms with van der Waals surface area (Å²) in [7, 11) is 0. The van der Waals surface area contributed by atoms with E-state index in [1.54, 1.807) is 9.36 Å². The number of aromatic nitrogens is 2. The Labute approximate surface area is 113 Å². The highest BCUT2D eigenvalue weighted by molar-refractivity contribution is 6.32. The van der Waals surface area contributed by atoms with Gasteiger partial charge in [0.15, 0.2) is 11.6 Å². The molecule has 0 atom stereocenters. The van der Waals surface area contributed by atoms with E-state index in [0.29, 0.717) is 29.4 Å². The molecule has 0 bridgehead atoms. The molecule has 6 heteroatoms. The van der Waals surface area contributed by atoms with E-state index in [2.05, 4.69) is 0 Å². The van der Waals surface area contributed by atoms with Crippen LogP contribution in [-0.4, -0.2) is 14.5 Å². The van der Waals surface area contributed by atoms with Crippen LogP contribution in [0.4, 0.5) is 4.39 Å². The molecule has 0 aliphatic carbocycles. The first-order chi connectivity index (χ1) is 9.09. The molecule has 0 saturated carbocycles. The highest BCUT2D eigenvalue weighted by Crippen LogP contribution is 2.30. The van der Waals surface area contributed by atoms with Crippen molar-refractivity contribution in [3.8, 4) is 16.9 Å². The number of fused-ring (bicyclic) bond motifs is 1. The van der Waals surface area contributed by atoms with Gasteiger partial charge >= 0.3 is 0 Å². The lowest BCUT2D eigenvalue weighted by Crippen LogP contribution is -2.27. The van der Waals surface area contributed by atoms with Crippen molar-refractivity contribution in [1.29, 1.82) is 0 Å². The summed E-state index contributed by atoms with van der Waals surface area (Å²) in [6.45, 7) is 1.33. The van der Waals surface area contributed by atoms with Gasteiger partial charge in [-0.25, -0.2) is 9.07 Å². The van der Waals surface area contributed by atoms with Crippen molar-refractivity contribution in [3.05, 3.63) is 39.5 Å². The molecule has 2 aromatic rings. The summed E-state index contributed by atoms with van der Waals surface area (Å²) in [4.78, 5) is 12.3.